The van der Waals surface area contributed by atoms with Crippen LogP contribution in [-0.2, 0) is 38.5 Å². The Morgan fingerprint density at radius 1 is 0.743 bits per heavy atom. The van der Waals surface area contributed by atoms with E-state index in [1.807, 2.05) is 6.49 Å². The number of halogens is 2. The summed E-state index contributed by atoms with van der Waals surface area (Å²) in [6, 6.07) is 12.6. The Labute approximate surface area is 242 Å². The predicted molar refractivity (Wildman–Crippen MR) is 142 cm³/mol. The van der Waals surface area contributed by atoms with Crippen molar-refractivity contribution in [2.24, 2.45) is 0 Å². The maximum atomic E-state index is 2.69. The molecule has 3 aliphatic rings. The Kier molecular flexibility index (Phi) is 9.31. The van der Waals surface area contributed by atoms with E-state index in [1.54, 1.807) is 20.0 Å². The monoisotopic (exact) mass is 672 g/mol. The SMILES string of the molecule is CC(C)(C)c1ccc2c(c1)-c1cc(C(C)(C)C)c[c]([Zr+2]([C]3=CC=CC3)=[C]3CCCCC3)c1C2.[Br-].[Br-]. The molecule has 0 radical (unpaired) electrons. The van der Waals surface area contributed by atoms with E-state index in [9.17, 15) is 0 Å². The van der Waals surface area contributed by atoms with Crippen LogP contribution in [0.1, 0.15) is 102 Å². The van der Waals surface area contributed by atoms with Crippen LogP contribution in [0.2, 0.25) is 0 Å². The second-order valence-corrected chi connectivity index (χ2v) is 18.9. The van der Waals surface area contributed by atoms with E-state index in [1.165, 1.54) is 55.2 Å². The third-order valence-corrected chi connectivity index (χ3v) is 15.8. The Morgan fingerprint density at radius 2 is 1.40 bits per heavy atom. The zero-order valence-corrected chi connectivity index (χ0v) is 28.0. The molecular formula is C32H40Br2Zr. The van der Waals surface area contributed by atoms with Crippen LogP contribution in [0.4, 0.5) is 0 Å². The maximum absolute atomic E-state index is 2.69. The van der Waals surface area contributed by atoms with Gasteiger partial charge in [0.2, 0.25) is 0 Å². The standard InChI is InChI=1S/C21H25.C6H10.C5H5.2BrH.Zr/c1-20(2,3)16-9-7-14-11-15-8-10-17(21(4,5)6)13-19(15)18(14)12-16;1-2-4-6-5-3-1;1-2-4-5-3-1;;;/h7,9-10,12-13H,11H2,1-6H3;1-5H2;1-3H,4H2;2*1H;/q;;;;;+2/p-2. The first-order valence-electron chi connectivity index (χ1n) is 13.0. The van der Waals surface area contributed by atoms with Gasteiger partial charge in [-0.15, -0.1) is 0 Å². The predicted octanol–water partition coefficient (Wildman–Crippen LogP) is 2.08. The Bertz CT molecular complexity index is 1190. The first kappa shape index (κ1) is 29.2. The van der Waals surface area contributed by atoms with Crippen LogP contribution in [0.5, 0.6) is 0 Å². The van der Waals surface area contributed by atoms with Crippen LogP contribution in [0, 0.1) is 0 Å². The largest absolute Gasteiger partial charge is 1.00 e. The van der Waals surface area contributed by atoms with E-state index >= 15 is 0 Å². The molecule has 2 aromatic rings. The molecule has 0 amide bonds. The molecule has 0 atom stereocenters. The van der Waals surface area contributed by atoms with Crippen LogP contribution in [-0.4, -0.2) is 3.21 Å². The molecule has 3 heteroatoms. The third kappa shape index (κ3) is 5.88. The zero-order valence-electron chi connectivity index (χ0n) is 22.3. The summed E-state index contributed by atoms with van der Waals surface area (Å²) in [5, 5.41) is 0. The first-order valence-corrected chi connectivity index (χ1v) is 16.7. The van der Waals surface area contributed by atoms with Crippen LogP contribution in [0.3, 0.4) is 0 Å². The van der Waals surface area contributed by atoms with Crippen LogP contribution in [0.25, 0.3) is 11.1 Å². The van der Waals surface area contributed by atoms with Gasteiger partial charge in [-0.3, -0.25) is 0 Å². The minimum Gasteiger partial charge on any atom is -1.00 e. The van der Waals surface area contributed by atoms with Gasteiger partial charge in [0.05, 0.1) is 0 Å². The molecule has 0 spiro atoms. The number of rotatable bonds is 2. The number of hydrogen-bond acceptors (Lipinski definition) is 0. The fourth-order valence-electron chi connectivity index (χ4n) is 5.85. The van der Waals surface area contributed by atoms with Gasteiger partial charge in [0.15, 0.2) is 0 Å². The summed E-state index contributed by atoms with van der Waals surface area (Å²) < 4.78 is 5.60. The van der Waals surface area contributed by atoms with Gasteiger partial charge in [0.1, 0.15) is 0 Å². The quantitative estimate of drug-likeness (QED) is 0.391. The van der Waals surface area contributed by atoms with Gasteiger partial charge in [-0.2, -0.15) is 0 Å². The van der Waals surface area contributed by atoms with E-state index in [4.69, 9.17) is 0 Å². The molecule has 0 N–H and O–H groups in total. The molecule has 0 aromatic heterocycles. The fourth-order valence-corrected chi connectivity index (χ4v) is 14.3. The number of allylic oxidation sites excluding steroid dienone is 4. The molecule has 3 aliphatic carbocycles. The van der Waals surface area contributed by atoms with Crippen molar-refractivity contribution in [1.29, 1.82) is 0 Å². The van der Waals surface area contributed by atoms with Crippen LogP contribution < -0.4 is 37.2 Å². The summed E-state index contributed by atoms with van der Waals surface area (Å²) in [7, 11) is 0. The summed E-state index contributed by atoms with van der Waals surface area (Å²) in [6.07, 6.45) is 16.6. The molecule has 2 aromatic carbocycles. The number of fused-ring (bicyclic) bond motifs is 3. The molecule has 0 unspecified atom stereocenters. The van der Waals surface area contributed by atoms with Crippen molar-refractivity contribution < 1.29 is 55.2 Å². The molecule has 0 bridgehead atoms. The van der Waals surface area contributed by atoms with Crippen molar-refractivity contribution in [3.05, 3.63) is 74.1 Å². The van der Waals surface area contributed by atoms with Crippen molar-refractivity contribution >= 4 is 6.48 Å². The van der Waals surface area contributed by atoms with E-state index in [2.05, 4.69) is 90.1 Å². The average Bonchev–Trinajstić information content (AvgIpc) is 3.41. The summed E-state index contributed by atoms with van der Waals surface area (Å²) in [5.41, 5.74) is 9.64. The van der Waals surface area contributed by atoms with Gasteiger partial charge < -0.3 is 34.0 Å². The zero-order chi connectivity index (χ0) is 23.4. The Morgan fingerprint density at radius 3 is 2.00 bits per heavy atom. The normalized spacial score (nSPS) is 16.5. The van der Waals surface area contributed by atoms with Crippen LogP contribution >= 0.6 is 0 Å². The second-order valence-electron chi connectivity index (χ2n) is 12.5. The molecule has 186 valence electrons. The summed E-state index contributed by atoms with van der Waals surface area (Å²) >= 11 is -2.09. The van der Waals surface area contributed by atoms with Crippen molar-refractivity contribution in [2.45, 2.75) is 97.3 Å². The summed E-state index contributed by atoms with van der Waals surface area (Å²) in [4.78, 5) is 0. The second kappa shape index (κ2) is 11.2. The van der Waals surface area contributed by atoms with Crippen molar-refractivity contribution in [3.63, 3.8) is 0 Å². The maximum Gasteiger partial charge on any atom is -1.00 e. The molecule has 5 rings (SSSR count). The fraction of sp³-hybridized carbons (Fsp3) is 0.469. The molecule has 0 aliphatic heterocycles. The first-order chi connectivity index (χ1) is 15.6. The third-order valence-electron chi connectivity index (χ3n) is 7.92. The minimum absolute atomic E-state index is 0. The van der Waals surface area contributed by atoms with Crippen molar-refractivity contribution in [2.75, 3.05) is 0 Å². The van der Waals surface area contributed by atoms with E-state index < -0.39 is 21.3 Å². The Hall–Kier alpha value is -0.367. The molecule has 35 heavy (non-hydrogen) atoms. The van der Waals surface area contributed by atoms with Gasteiger partial charge in [-0.05, 0) is 0 Å². The topological polar surface area (TPSA) is 0 Å². The Balaban J connectivity index is 0.00000171. The average molecular weight is 676 g/mol. The smallest absolute Gasteiger partial charge is 1.00 e. The molecule has 0 saturated heterocycles. The van der Waals surface area contributed by atoms with E-state index in [0.717, 1.165) is 6.42 Å². The number of benzene rings is 2. The molecule has 0 nitrogen and oxygen atoms in total. The number of hydrogen-bond donors (Lipinski definition) is 0. The van der Waals surface area contributed by atoms with Gasteiger partial charge in [0, 0.05) is 0 Å². The van der Waals surface area contributed by atoms with Gasteiger partial charge in [0.25, 0.3) is 0 Å². The molecular weight excluding hydrogens is 635 g/mol. The van der Waals surface area contributed by atoms with Gasteiger partial charge in [-0.25, -0.2) is 0 Å². The summed E-state index contributed by atoms with van der Waals surface area (Å²) in [5.74, 6) is 0. The van der Waals surface area contributed by atoms with Crippen molar-refractivity contribution in [3.8, 4) is 11.1 Å². The van der Waals surface area contributed by atoms with Crippen molar-refractivity contribution in [1.82, 2.24) is 0 Å². The van der Waals surface area contributed by atoms with Crippen LogP contribution in [0.15, 0.2) is 51.8 Å². The summed E-state index contributed by atoms with van der Waals surface area (Å²) in [6.45, 7) is 14.2. The van der Waals surface area contributed by atoms with E-state index in [0.29, 0.717) is 0 Å². The molecule has 1 saturated carbocycles. The molecule has 1 fully saturated rings. The molecule has 0 heterocycles. The van der Waals surface area contributed by atoms with Gasteiger partial charge >= 0.3 is 210 Å². The van der Waals surface area contributed by atoms with Gasteiger partial charge in [-0.1, -0.05) is 0 Å². The minimum atomic E-state index is -2.09. The van der Waals surface area contributed by atoms with E-state index in [-0.39, 0.29) is 44.8 Å².